The van der Waals surface area contributed by atoms with Gasteiger partial charge in [0, 0.05) is 12.6 Å². The zero-order chi connectivity index (χ0) is 9.84. The van der Waals surface area contributed by atoms with Crippen molar-refractivity contribution in [1.82, 2.24) is 0 Å². The fraction of sp³-hybridized carbons (Fsp3) is 0.333. The third-order valence-electron chi connectivity index (χ3n) is 1.81. The Morgan fingerprint density at radius 1 is 1.50 bits per heavy atom. The Morgan fingerprint density at radius 2 is 2.14 bits per heavy atom. The van der Waals surface area contributed by atoms with Gasteiger partial charge in [-0.3, -0.25) is 0 Å². The van der Waals surface area contributed by atoms with E-state index in [0.29, 0.717) is 12.0 Å². The lowest BCUT2D eigenvalue weighted by atomic mass is 10.1. The Kier molecular flexibility index (Phi) is 6.04. The summed E-state index contributed by atoms with van der Waals surface area (Å²) in [7, 11) is 0. The summed E-state index contributed by atoms with van der Waals surface area (Å²) in [5, 5.41) is 8.71. The van der Waals surface area contributed by atoms with Gasteiger partial charge in [0.15, 0.2) is 0 Å². The van der Waals surface area contributed by atoms with Gasteiger partial charge >= 0.3 is 0 Å². The number of nitrogens with two attached hydrogens (primary N) is 1. The van der Waals surface area contributed by atoms with Crippen LogP contribution in [-0.4, -0.2) is 11.7 Å². The molecule has 5 heteroatoms. The summed E-state index contributed by atoms with van der Waals surface area (Å²) < 4.78 is 12.9. The zero-order valence-electron chi connectivity index (χ0n) is 7.41. The lowest BCUT2D eigenvalue weighted by Crippen LogP contribution is -2.12. The molecule has 14 heavy (non-hydrogen) atoms. The highest BCUT2D eigenvalue weighted by Crippen LogP contribution is 2.20. The number of benzene rings is 1. The van der Waals surface area contributed by atoms with Crippen LogP contribution in [0.5, 0.6) is 0 Å². The van der Waals surface area contributed by atoms with Crippen molar-refractivity contribution in [2.24, 2.45) is 5.73 Å². The smallest absolute Gasteiger partial charge is 0.142 e. The first-order valence-corrected chi connectivity index (χ1v) is 4.34. The monoisotopic (exact) mass is 239 g/mol. The van der Waals surface area contributed by atoms with Gasteiger partial charge in [-0.15, -0.1) is 12.4 Å². The zero-order valence-corrected chi connectivity index (χ0v) is 8.98. The van der Waals surface area contributed by atoms with Gasteiger partial charge in [-0.1, -0.05) is 17.7 Å². The molecule has 0 saturated carbocycles. The molecule has 0 unspecified atom stereocenters. The minimum absolute atomic E-state index is 0. The van der Waals surface area contributed by atoms with Crippen LogP contribution in [0.3, 0.4) is 0 Å². The molecule has 3 N–H and O–H groups in total. The maximum Gasteiger partial charge on any atom is 0.142 e. The average molecular weight is 240 g/mol. The molecule has 0 amide bonds. The maximum atomic E-state index is 12.9. The van der Waals surface area contributed by atoms with Gasteiger partial charge in [0.05, 0.1) is 5.02 Å². The second-order valence-corrected chi connectivity index (χ2v) is 3.20. The number of aliphatic hydroxyl groups is 1. The quantitative estimate of drug-likeness (QED) is 0.851. The van der Waals surface area contributed by atoms with E-state index in [1.807, 2.05) is 0 Å². The largest absolute Gasteiger partial charge is 0.396 e. The summed E-state index contributed by atoms with van der Waals surface area (Å²) >= 11 is 5.50. The topological polar surface area (TPSA) is 46.2 Å². The molecular formula is C9H12Cl2FNO. The van der Waals surface area contributed by atoms with Crippen LogP contribution in [0.25, 0.3) is 0 Å². The van der Waals surface area contributed by atoms with Gasteiger partial charge in [0.2, 0.25) is 0 Å². The van der Waals surface area contributed by atoms with Crippen LogP contribution in [0.15, 0.2) is 18.2 Å². The Labute approximate surface area is 93.3 Å². The highest BCUT2D eigenvalue weighted by atomic mass is 35.5. The molecule has 0 spiro atoms. The van der Waals surface area contributed by atoms with Crippen LogP contribution in [0.1, 0.15) is 18.0 Å². The van der Waals surface area contributed by atoms with Gasteiger partial charge in [-0.2, -0.15) is 0 Å². The number of aliphatic hydroxyl groups excluding tert-OH is 1. The van der Waals surface area contributed by atoms with Crippen LogP contribution < -0.4 is 5.73 Å². The van der Waals surface area contributed by atoms with Gasteiger partial charge in [0.1, 0.15) is 5.82 Å². The lowest BCUT2D eigenvalue weighted by Gasteiger charge is -2.10. The van der Waals surface area contributed by atoms with Gasteiger partial charge in [-0.05, 0) is 24.1 Å². The molecule has 0 bridgehead atoms. The van der Waals surface area contributed by atoms with Gasteiger partial charge < -0.3 is 10.8 Å². The van der Waals surface area contributed by atoms with Crippen LogP contribution in [0.4, 0.5) is 4.39 Å². The first-order valence-electron chi connectivity index (χ1n) is 3.96. The third-order valence-corrected chi connectivity index (χ3v) is 2.12. The van der Waals surface area contributed by atoms with Crippen LogP contribution in [0.2, 0.25) is 5.02 Å². The van der Waals surface area contributed by atoms with E-state index in [9.17, 15) is 4.39 Å². The van der Waals surface area contributed by atoms with Gasteiger partial charge in [0.25, 0.3) is 0 Å². The van der Waals surface area contributed by atoms with E-state index in [1.54, 1.807) is 6.07 Å². The maximum absolute atomic E-state index is 12.9. The SMILES string of the molecule is Cl.N[C@@H](CCO)c1ccc(Cl)c(F)c1. The Morgan fingerprint density at radius 3 is 2.64 bits per heavy atom. The van der Waals surface area contributed by atoms with E-state index >= 15 is 0 Å². The molecule has 1 atom stereocenters. The summed E-state index contributed by atoms with van der Waals surface area (Å²) in [6.45, 7) is -0.00852. The van der Waals surface area contributed by atoms with Crippen LogP contribution >= 0.6 is 24.0 Å². The predicted molar refractivity (Wildman–Crippen MR) is 57.3 cm³/mol. The molecule has 0 fully saturated rings. The van der Waals surface area contributed by atoms with Crippen LogP contribution in [0, 0.1) is 5.82 Å². The molecular weight excluding hydrogens is 228 g/mol. The summed E-state index contributed by atoms with van der Waals surface area (Å²) in [5.74, 6) is -0.479. The van der Waals surface area contributed by atoms with E-state index in [0.717, 1.165) is 0 Å². The second-order valence-electron chi connectivity index (χ2n) is 2.79. The first-order chi connectivity index (χ1) is 6.15. The molecule has 1 aromatic carbocycles. The standard InChI is InChI=1S/C9H11ClFNO.ClH/c10-7-2-1-6(5-8(7)11)9(12)3-4-13;/h1-2,5,9,13H,3-4,12H2;1H/t9-;/m0./s1. The molecule has 0 aromatic heterocycles. The molecule has 0 aliphatic rings. The molecule has 0 aliphatic carbocycles. The van der Waals surface area contributed by atoms with Crippen molar-refractivity contribution in [3.63, 3.8) is 0 Å². The highest BCUT2D eigenvalue weighted by Gasteiger charge is 2.07. The molecule has 0 heterocycles. The van der Waals surface area contributed by atoms with E-state index in [4.69, 9.17) is 22.4 Å². The Balaban J connectivity index is 0.00000169. The van der Waals surface area contributed by atoms with E-state index in [1.165, 1.54) is 12.1 Å². The van der Waals surface area contributed by atoms with E-state index < -0.39 is 5.82 Å². The Hall–Kier alpha value is -0.350. The number of hydrogen-bond acceptors (Lipinski definition) is 2. The molecule has 2 nitrogen and oxygen atoms in total. The van der Waals surface area contributed by atoms with Crippen molar-refractivity contribution in [2.75, 3.05) is 6.61 Å². The van der Waals surface area contributed by atoms with Crippen LogP contribution in [-0.2, 0) is 0 Å². The summed E-state index contributed by atoms with van der Waals surface area (Å²) in [6.07, 6.45) is 0.418. The first kappa shape index (κ1) is 13.7. The number of rotatable bonds is 3. The second kappa shape index (κ2) is 6.19. The molecule has 80 valence electrons. The van der Waals surface area contributed by atoms with Crippen molar-refractivity contribution in [1.29, 1.82) is 0 Å². The predicted octanol–water partition coefficient (Wildman–Crippen LogP) is 2.28. The molecule has 0 radical (unpaired) electrons. The third kappa shape index (κ3) is 3.42. The summed E-state index contributed by atoms with van der Waals surface area (Å²) in [5.41, 5.74) is 6.30. The van der Waals surface area contributed by atoms with Crippen molar-refractivity contribution in [2.45, 2.75) is 12.5 Å². The summed E-state index contributed by atoms with van der Waals surface area (Å²) in [4.78, 5) is 0. The van der Waals surface area contributed by atoms with E-state index in [-0.39, 0.29) is 30.1 Å². The number of hydrogen-bond donors (Lipinski definition) is 2. The molecule has 0 saturated heterocycles. The van der Waals surface area contributed by atoms with Crippen molar-refractivity contribution in [3.8, 4) is 0 Å². The average Bonchev–Trinajstić information content (AvgIpc) is 2.10. The fourth-order valence-electron chi connectivity index (χ4n) is 1.05. The van der Waals surface area contributed by atoms with Crippen molar-refractivity contribution in [3.05, 3.63) is 34.6 Å². The van der Waals surface area contributed by atoms with E-state index in [2.05, 4.69) is 0 Å². The van der Waals surface area contributed by atoms with Crippen molar-refractivity contribution >= 4 is 24.0 Å². The summed E-state index contributed by atoms with van der Waals surface area (Å²) in [6, 6.07) is 4.08. The lowest BCUT2D eigenvalue weighted by molar-refractivity contribution is 0.276. The fourth-order valence-corrected chi connectivity index (χ4v) is 1.17. The molecule has 0 aliphatic heterocycles. The number of halogens is 3. The van der Waals surface area contributed by atoms with Gasteiger partial charge in [-0.25, -0.2) is 4.39 Å². The molecule has 1 aromatic rings. The normalized spacial score (nSPS) is 12.0. The Bertz CT molecular complexity index is 296. The highest BCUT2D eigenvalue weighted by molar-refractivity contribution is 6.30. The minimum atomic E-state index is -0.479. The minimum Gasteiger partial charge on any atom is -0.396 e. The van der Waals surface area contributed by atoms with Crippen molar-refractivity contribution < 1.29 is 9.50 Å². The molecule has 1 rings (SSSR count).